The lowest BCUT2D eigenvalue weighted by Gasteiger charge is -2.34. The molecule has 1 heterocycles. The van der Waals surface area contributed by atoms with Gasteiger partial charge in [-0.15, -0.1) is 0 Å². The number of nitrogens with zero attached hydrogens (tertiary/aromatic N) is 1. The van der Waals surface area contributed by atoms with Gasteiger partial charge in [0, 0.05) is 32.2 Å². The summed E-state index contributed by atoms with van der Waals surface area (Å²) < 4.78 is 0. The van der Waals surface area contributed by atoms with Crippen molar-refractivity contribution >= 4 is 11.8 Å². The van der Waals surface area contributed by atoms with E-state index in [2.05, 4.69) is 22.9 Å². The Hall–Kier alpha value is -1.14. The molecule has 20 heavy (non-hydrogen) atoms. The molecule has 1 aliphatic rings. The molecule has 0 aromatic heterocycles. The van der Waals surface area contributed by atoms with E-state index in [0.717, 1.165) is 25.9 Å². The lowest BCUT2D eigenvalue weighted by atomic mass is 10.1. The van der Waals surface area contributed by atoms with Gasteiger partial charge in [-0.2, -0.15) is 0 Å². The van der Waals surface area contributed by atoms with Crippen molar-refractivity contribution < 1.29 is 9.59 Å². The molecule has 6 heteroatoms. The fourth-order valence-corrected chi connectivity index (χ4v) is 2.50. The van der Waals surface area contributed by atoms with Crippen molar-refractivity contribution in [3.05, 3.63) is 0 Å². The number of nitrogens with one attached hydrogen (secondary N) is 3. The van der Waals surface area contributed by atoms with Crippen LogP contribution in [0.4, 0.5) is 0 Å². The standard InChI is InChI=1S/C14H28N4O2/c1-4-6-11(3)17-13(19)10-18-8-7-15-9-12(18)14(20)16-5-2/h11-12,15H,4-10H2,1-3H3,(H,16,20)(H,17,19). The van der Waals surface area contributed by atoms with E-state index in [-0.39, 0.29) is 30.4 Å². The molecule has 1 saturated heterocycles. The highest BCUT2D eigenvalue weighted by atomic mass is 16.2. The first-order valence-electron chi connectivity index (χ1n) is 7.60. The monoisotopic (exact) mass is 284 g/mol. The largest absolute Gasteiger partial charge is 0.355 e. The second kappa shape index (κ2) is 8.92. The fourth-order valence-electron chi connectivity index (χ4n) is 2.50. The van der Waals surface area contributed by atoms with E-state index in [9.17, 15) is 9.59 Å². The van der Waals surface area contributed by atoms with Gasteiger partial charge in [0.2, 0.25) is 11.8 Å². The Morgan fingerprint density at radius 1 is 1.40 bits per heavy atom. The average molecular weight is 284 g/mol. The molecule has 0 spiro atoms. The zero-order chi connectivity index (χ0) is 15.0. The second-order valence-electron chi connectivity index (χ2n) is 5.34. The van der Waals surface area contributed by atoms with Crippen LogP contribution in [0.25, 0.3) is 0 Å². The molecular weight excluding hydrogens is 256 g/mol. The smallest absolute Gasteiger partial charge is 0.238 e. The van der Waals surface area contributed by atoms with Crippen LogP contribution in [-0.2, 0) is 9.59 Å². The predicted molar refractivity (Wildman–Crippen MR) is 79.4 cm³/mol. The van der Waals surface area contributed by atoms with Crippen LogP contribution >= 0.6 is 0 Å². The summed E-state index contributed by atoms with van der Waals surface area (Å²) in [5, 5.41) is 9.02. The Morgan fingerprint density at radius 3 is 2.80 bits per heavy atom. The van der Waals surface area contributed by atoms with E-state index in [1.54, 1.807) is 0 Å². The zero-order valence-electron chi connectivity index (χ0n) is 12.9. The Labute approximate surface area is 121 Å². The number of likely N-dealkylation sites (N-methyl/N-ethyl adjacent to an activating group) is 1. The minimum Gasteiger partial charge on any atom is -0.355 e. The quantitative estimate of drug-likeness (QED) is 0.600. The molecule has 1 rings (SSSR count). The average Bonchev–Trinajstić information content (AvgIpc) is 2.39. The van der Waals surface area contributed by atoms with Crippen LogP contribution in [-0.4, -0.2) is 61.5 Å². The van der Waals surface area contributed by atoms with Crippen LogP contribution in [0.2, 0.25) is 0 Å². The molecule has 1 fully saturated rings. The zero-order valence-corrected chi connectivity index (χ0v) is 12.9. The molecule has 0 saturated carbocycles. The maximum atomic E-state index is 12.0. The summed E-state index contributed by atoms with van der Waals surface area (Å²) in [4.78, 5) is 26.0. The molecule has 0 radical (unpaired) electrons. The SMILES string of the molecule is CCCC(C)NC(=O)CN1CCNCC1C(=O)NCC. The van der Waals surface area contributed by atoms with Gasteiger partial charge in [0.25, 0.3) is 0 Å². The van der Waals surface area contributed by atoms with Crippen LogP contribution in [0.3, 0.4) is 0 Å². The Kier molecular flexibility index (Phi) is 7.54. The highest BCUT2D eigenvalue weighted by Crippen LogP contribution is 2.04. The summed E-state index contributed by atoms with van der Waals surface area (Å²) in [6, 6.07) is -0.0609. The van der Waals surface area contributed by atoms with Gasteiger partial charge >= 0.3 is 0 Å². The number of amides is 2. The summed E-state index contributed by atoms with van der Waals surface area (Å²) in [5.74, 6) is -0.00347. The fraction of sp³-hybridized carbons (Fsp3) is 0.857. The van der Waals surface area contributed by atoms with Crippen molar-refractivity contribution in [2.45, 2.75) is 45.7 Å². The molecule has 0 aromatic carbocycles. The molecule has 2 amide bonds. The van der Waals surface area contributed by atoms with Gasteiger partial charge in [0.1, 0.15) is 6.04 Å². The summed E-state index contributed by atoms with van der Waals surface area (Å²) in [6.45, 7) is 9.05. The molecule has 6 nitrogen and oxygen atoms in total. The van der Waals surface area contributed by atoms with Gasteiger partial charge in [-0.05, 0) is 20.3 Å². The topological polar surface area (TPSA) is 73.5 Å². The molecule has 0 aliphatic carbocycles. The normalized spacial score (nSPS) is 21.2. The molecule has 2 atom stereocenters. The molecule has 3 N–H and O–H groups in total. The number of hydrogen-bond acceptors (Lipinski definition) is 4. The van der Waals surface area contributed by atoms with Crippen LogP contribution in [0.5, 0.6) is 0 Å². The Balaban J connectivity index is 2.49. The maximum absolute atomic E-state index is 12.0. The first kappa shape index (κ1) is 16.9. The first-order chi connectivity index (χ1) is 9.58. The third-order valence-electron chi connectivity index (χ3n) is 3.48. The molecule has 2 unspecified atom stereocenters. The number of rotatable bonds is 7. The third-order valence-corrected chi connectivity index (χ3v) is 3.48. The number of carbonyl (C=O) groups is 2. The van der Waals surface area contributed by atoms with Gasteiger partial charge in [-0.3, -0.25) is 14.5 Å². The van der Waals surface area contributed by atoms with Crippen LogP contribution in [0.1, 0.15) is 33.6 Å². The highest BCUT2D eigenvalue weighted by Gasteiger charge is 2.29. The minimum atomic E-state index is -0.254. The van der Waals surface area contributed by atoms with E-state index in [1.165, 1.54) is 0 Å². The van der Waals surface area contributed by atoms with Gasteiger partial charge in [-0.25, -0.2) is 0 Å². The lowest BCUT2D eigenvalue weighted by molar-refractivity contribution is -0.129. The Morgan fingerprint density at radius 2 is 2.15 bits per heavy atom. The van der Waals surface area contributed by atoms with Crippen molar-refractivity contribution in [1.82, 2.24) is 20.9 Å². The van der Waals surface area contributed by atoms with E-state index >= 15 is 0 Å². The van der Waals surface area contributed by atoms with Crippen LogP contribution < -0.4 is 16.0 Å². The molecule has 0 aromatic rings. The molecule has 0 bridgehead atoms. The summed E-state index contributed by atoms with van der Waals surface area (Å²) >= 11 is 0. The van der Waals surface area contributed by atoms with Crippen molar-refractivity contribution in [2.75, 3.05) is 32.7 Å². The molecule has 116 valence electrons. The van der Waals surface area contributed by atoms with Gasteiger partial charge < -0.3 is 16.0 Å². The van der Waals surface area contributed by atoms with Crippen molar-refractivity contribution in [1.29, 1.82) is 0 Å². The summed E-state index contributed by atoms with van der Waals surface area (Å²) in [5.41, 5.74) is 0. The van der Waals surface area contributed by atoms with Crippen molar-refractivity contribution in [2.24, 2.45) is 0 Å². The summed E-state index contributed by atoms with van der Waals surface area (Å²) in [7, 11) is 0. The van der Waals surface area contributed by atoms with Gasteiger partial charge in [0.15, 0.2) is 0 Å². The molecule has 1 aliphatic heterocycles. The number of piperazine rings is 1. The van der Waals surface area contributed by atoms with Crippen LogP contribution in [0.15, 0.2) is 0 Å². The van der Waals surface area contributed by atoms with Crippen molar-refractivity contribution in [3.63, 3.8) is 0 Å². The van der Waals surface area contributed by atoms with Gasteiger partial charge in [-0.1, -0.05) is 13.3 Å². The number of hydrogen-bond donors (Lipinski definition) is 3. The predicted octanol–water partition coefficient (Wildman–Crippen LogP) is -0.299. The lowest BCUT2D eigenvalue weighted by Crippen LogP contribution is -2.59. The van der Waals surface area contributed by atoms with Gasteiger partial charge in [0.05, 0.1) is 6.54 Å². The molecular formula is C14H28N4O2. The minimum absolute atomic E-state index is 0.00199. The highest BCUT2D eigenvalue weighted by molar-refractivity contribution is 5.84. The third kappa shape index (κ3) is 5.46. The van der Waals surface area contributed by atoms with E-state index < -0.39 is 0 Å². The van der Waals surface area contributed by atoms with Crippen LogP contribution in [0, 0.1) is 0 Å². The van der Waals surface area contributed by atoms with E-state index in [4.69, 9.17) is 0 Å². The van der Waals surface area contributed by atoms with Crippen molar-refractivity contribution in [3.8, 4) is 0 Å². The summed E-state index contributed by atoms with van der Waals surface area (Å²) in [6.07, 6.45) is 2.03. The maximum Gasteiger partial charge on any atom is 0.238 e. The Bertz CT molecular complexity index is 322. The second-order valence-corrected chi connectivity index (χ2v) is 5.34. The van der Waals surface area contributed by atoms with E-state index in [1.807, 2.05) is 18.7 Å². The van der Waals surface area contributed by atoms with E-state index in [0.29, 0.717) is 13.1 Å². The first-order valence-corrected chi connectivity index (χ1v) is 7.60. The number of carbonyl (C=O) groups excluding carboxylic acids is 2.